The lowest BCUT2D eigenvalue weighted by Crippen LogP contribution is -2.37. The summed E-state index contributed by atoms with van der Waals surface area (Å²) in [5, 5.41) is 0. The number of benzene rings is 1. The number of nitrogens with zero attached hydrogens (tertiary/aromatic N) is 2. The van der Waals surface area contributed by atoms with Crippen LogP contribution in [0.5, 0.6) is 11.5 Å². The molecule has 1 aliphatic rings. The van der Waals surface area contributed by atoms with Crippen molar-refractivity contribution in [1.82, 2.24) is 4.67 Å². The number of fused-ring (bicyclic) bond motifs is 1. The molecular formula is C47H87N2O7P. The van der Waals surface area contributed by atoms with Crippen molar-refractivity contribution in [2.75, 3.05) is 52.8 Å². The molecule has 0 N–H and O–H groups in total. The lowest BCUT2D eigenvalue weighted by Gasteiger charge is -2.38. The Labute approximate surface area is 352 Å². The summed E-state index contributed by atoms with van der Waals surface area (Å²) < 4.78 is 45.1. The second-order valence-corrected chi connectivity index (χ2v) is 19.4. The van der Waals surface area contributed by atoms with Gasteiger partial charge in [0.2, 0.25) is 0 Å². The van der Waals surface area contributed by atoms with E-state index in [2.05, 4.69) is 92.7 Å². The molecule has 5 unspecified atom stereocenters. The van der Waals surface area contributed by atoms with E-state index in [-0.39, 0.29) is 23.8 Å². The fraction of sp³-hybridized carbons (Fsp3) is 0.851. The van der Waals surface area contributed by atoms with Crippen LogP contribution in [0.25, 0.3) is 0 Å². The van der Waals surface area contributed by atoms with Crippen molar-refractivity contribution in [3.05, 3.63) is 22.3 Å². The first-order valence-corrected chi connectivity index (χ1v) is 23.8. The SMILES string of the molecule is CCN=COP(OC(C)COCCOCCOCCOc1c(C)c(C)c2c(c1C)CCC(C)(CCCC(C)CCCC(C)CCCC(C)C)O2)N(C(C)C)C(C)C. The van der Waals surface area contributed by atoms with Crippen molar-refractivity contribution in [2.45, 2.75) is 191 Å². The second kappa shape index (κ2) is 28.1. The van der Waals surface area contributed by atoms with Gasteiger partial charge in [0.25, 0.3) is 0 Å². The maximum Gasteiger partial charge on any atom is 0.322 e. The van der Waals surface area contributed by atoms with Gasteiger partial charge in [0, 0.05) is 24.2 Å². The molecule has 0 amide bonds. The van der Waals surface area contributed by atoms with E-state index in [1.165, 1.54) is 74.5 Å². The van der Waals surface area contributed by atoms with E-state index in [0.29, 0.717) is 52.8 Å². The van der Waals surface area contributed by atoms with Crippen molar-refractivity contribution in [1.29, 1.82) is 0 Å². The van der Waals surface area contributed by atoms with Gasteiger partial charge in [-0.2, -0.15) is 0 Å². The molecule has 1 aliphatic heterocycles. The Hall–Kier alpha value is -1.48. The summed E-state index contributed by atoms with van der Waals surface area (Å²) >= 11 is 0. The van der Waals surface area contributed by atoms with Crippen molar-refractivity contribution < 1.29 is 32.7 Å². The smallest absolute Gasteiger partial charge is 0.322 e. The molecule has 0 fully saturated rings. The predicted octanol–water partition coefficient (Wildman–Crippen LogP) is 12.4. The van der Waals surface area contributed by atoms with Gasteiger partial charge >= 0.3 is 8.53 Å². The highest BCUT2D eigenvalue weighted by Crippen LogP contribution is 2.47. The molecule has 1 aromatic rings. The molecule has 0 aromatic heterocycles. The van der Waals surface area contributed by atoms with Crippen LogP contribution in [-0.2, 0) is 29.7 Å². The fourth-order valence-corrected chi connectivity index (χ4v) is 9.35. The van der Waals surface area contributed by atoms with E-state index >= 15 is 0 Å². The third-order valence-corrected chi connectivity index (χ3v) is 13.4. The Morgan fingerprint density at radius 2 is 1.30 bits per heavy atom. The Morgan fingerprint density at radius 3 is 1.88 bits per heavy atom. The van der Waals surface area contributed by atoms with Gasteiger partial charge in [0.1, 0.15) is 23.7 Å². The Kier molecular flexibility index (Phi) is 25.5. The van der Waals surface area contributed by atoms with Crippen molar-refractivity contribution in [3.63, 3.8) is 0 Å². The van der Waals surface area contributed by atoms with Gasteiger partial charge in [-0.1, -0.05) is 72.6 Å². The molecule has 0 spiro atoms. The van der Waals surface area contributed by atoms with Gasteiger partial charge in [0.15, 0.2) is 6.40 Å². The van der Waals surface area contributed by atoms with E-state index < -0.39 is 8.53 Å². The average Bonchev–Trinajstić information content (AvgIpc) is 3.13. The molecule has 332 valence electrons. The number of aliphatic imine (C=N–C) groups is 1. The monoisotopic (exact) mass is 823 g/mol. The molecule has 0 radical (unpaired) electrons. The Morgan fingerprint density at radius 1 is 0.737 bits per heavy atom. The third kappa shape index (κ3) is 19.6. The van der Waals surface area contributed by atoms with Crippen LogP contribution >= 0.6 is 8.53 Å². The van der Waals surface area contributed by atoms with Crippen LogP contribution in [0, 0.1) is 38.5 Å². The predicted molar refractivity (Wildman–Crippen MR) is 240 cm³/mol. The van der Waals surface area contributed by atoms with Crippen molar-refractivity contribution in [3.8, 4) is 11.5 Å². The van der Waals surface area contributed by atoms with Gasteiger partial charge in [-0.05, 0) is 129 Å². The normalized spacial score (nSPS) is 18.1. The highest BCUT2D eigenvalue weighted by molar-refractivity contribution is 7.45. The Balaban J connectivity index is 1.67. The van der Waals surface area contributed by atoms with E-state index in [9.17, 15) is 0 Å². The van der Waals surface area contributed by atoms with Gasteiger partial charge < -0.3 is 32.7 Å². The van der Waals surface area contributed by atoms with Gasteiger partial charge in [0.05, 0.1) is 45.7 Å². The molecular weight excluding hydrogens is 735 g/mol. The summed E-state index contributed by atoms with van der Waals surface area (Å²) in [5.41, 5.74) is 4.77. The van der Waals surface area contributed by atoms with Crippen molar-refractivity contribution >= 4 is 14.9 Å². The zero-order chi connectivity index (χ0) is 42.4. The number of ether oxygens (including phenoxy) is 5. The minimum atomic E-state index is -1.29. The van der Waals surface area contributed by atoms with Gasteiger partial charge in [-0.15, -0.1) is 0 Å². The zero-order valence-corrected chi connectivity index (χ0v) is 40.1. The highest BCUT2D eigenvalue weighted by Gasteiger charge is 2.35. The maximum atomic E-state index is 6.87. The molecule has 2 rings (SSSR count). The third-order valence-electron chi connectivity index (χ3n) is 11.3. The standard InChI is InChI=1S/C47H87N2O7P/c1-15-48-34-54-57(49(36(4)5)37(6)7)56-40(10)33-52-30-29-50-27-28-51-31-32-53-45-41(11)42(12)46-44(43(45)13)24-26-47(14,55-46)25-18-23-39(9)22-17-21-38(8)20-16-19-35(2)3/h34-40H,15-33H2,1-14H3. The highest BCUT2D eigenvalue weighted by atomic mass is 31.2. The number of hydrogen-bond acceptors (Lipinski definition) is 9. The van der Waals surface area contributed by atoms with Gasteiger partial charge in [-0.25, -0.2) is 4.67 Å². The maximum absolute atomic E-state index is 6.87. The molecule has 1 aromatic carbocycles. The van der Waals surface area contributed by atoms with Crippen LogP contribution in [0.1, 0.15) is 163 Å². The van der Waals surface area contributed by atoms with E-state index in [1.807, 2.05) is 13.8 Å². The lowest BCUT2D eigenvalue weighted by atomic mass is 9.83. The first-order chi connectivity index (χ1) is 27.1. The van der Waals surface area contributed by atoms with E-state index in [4.69, 9.17) is 32.7 Å². The second-order valence-electron chi connectivity index (χ2n) is 18.0. The molecule has 1 heterocycles. The molecule has 0 bridgehead atoms. The van der Waals surface area contributed by atoms with E-state index in [1.54, 1.807) is 0 Å². The summed E-state index contributed by atoms with van der Waals surface area (Å²) in [6, 6.07) is 0.559. The molecule has 57 heavy (non-hydrogen) atoms. The van der Waals surface area contributed by atoms with Crippen LogP contribution in [0.3, 0.4) is 0 Å². The average molecular weight is 823 g/mol. The van der Waals surface area contributed by atoms with Gasteiger partial charge in [-0.3, -0.25) is 4.99 Å². The summed E-state index contributed by atoms with van der Waals surface area (Å²) in [6.07, 6.45) is 15.3. The quantitative estimate of drug-likeness (QED) is 0.0308. The number of rotatable bonds is 32. The minimum absolute atomic E-state index is 0.106. The van der Waals surface area contributed by atoms with Crippen LogP contribution in [0.2, 0.25) is 0 Å². The van der Waals surface area contributed by atoms with Crippen LogP contribution in [-0.4, -0.2) is 87.7 Å². The Bertz CT molecular complexity index is 1250. The van der Waals surface area contributed by atoms with Crippen molar-refractivity contribution in [2.24, 2.45) is 22.7 Å². The first-order valence-electron chi connectivity index (χ1n) is 22.7. The van der Waals surface area contributed by atoms with Crippen LogP contribution in [0.15, 0.2) is 4.99 Å². The summed E-state index contributed by atoms with van der Waals surface area (Å²) in [4.78, 5) is 4.21. The first kappa shape index (κ1) is 51.7. The number of hydrogen-bond donors (Lipinski definition) is 0. The summed E-state index contributed by atoms with van der Waals surface area (Å²) in [6.45, 7) is 35.1. The summed E-state index contributed by atoms with van der Waals surface area (Å²) in [5.74, 6) is 4.55. The van der Waals surface area contributed by atoms with Crippen LogP contribution < -0.4 is 9.47 Å². The molecule has 0 aliphatic carbocycles. The van der Waals surface area contributed by atoms with E-state index in [0.717, 1.165) is 54.1 Å². The molecule has 10 heteroatoms. The fourth-order valence-electron chi connectivity index (χ4n) is 7.81. The minimum Gasteiger partial charge on any atom is -0.491 e. The summed E-state index contributed by atoms with van der Waals surface area (Å²) in [7, 11) is -1.29. The molecule has 9 nitrogen and oxygen atoms in total. The molecule has 0 saturated heterocycles. The largest absolute Gasteiger partial charge is 0.491 e. The zero-order valence-electron chi connectivity index (χ0n) is 39.2. The lowest BCUT2D eigenvalue weighted by molar-refractivity contribution is -0.00588. The molecule has 0 saturated carbocycles. The van der Waals surface area contributed by atoms with Crippen LogP contribution in [0.4, 0.5) is 0 Å². The molecule has 5 atom stereocenters. The topological polar surface area (TPSA) is 80.2 Å².